The predicted octanol–water partition coefficient (Wildman–Crippen LogP) is 13.8. The monoisotopic (exact) mass is 765 g/mol. The number of aryl methyl sites for hydroxylation is 1. The van der Waals surface area contributed by atoms with Crippen LogP contribution in [-0.2, 0) is 6.42 Å². The van der Waals surface area contributed by atoms with Crippen LogP contribution in [0.25, 0.3) is 116 Å². The quantitative estimate of drug-likeness (QED) is 0.168. The number of allylic oxidation sites excluding steroid dienone is 1. The van der Waals surface area contributed by atoms with Gasteiger partial charge in [0.05, 0.1) is 22.1 Å². The highest BCUT2D eigenvalue weighted by molar-refractivity contribution is 6.36. The average molecular weight is 766 g/mol. The zero-order valence-corrected chi connectivity index (χ0v) is 32.5. The van der Waals surface area contributed by atoms with Gasteiger partial charge in [-0.2, -0.15) is 9.97 Å². The fraction of sp³-hybridized carbons (Fsp3) is 0.0364. The lowest BCUT2D eigenvalue weighted by atomic mass is 9.88. The first-order valence-corrected chi connectivity index (χ1v) is 20.7. The Bertz CT molecular complexity index is 3690. The Morgan fingerprint density at radius 1 is 0.367 bits per heavy atom. The number of rotatable bonds is 4. The van der Waals surface area contributed by atoms with Crippen molar-refractivity contribution in [3.63, 3.8) is 0 Å². The minimum Gasteiger partial charge on any atom is -0.307 e. The van der Waals surface area contributed by atoms with Gasteiger partial charge in [-0.15, -0.1) is 0 Å². The summed E-state index contributed by atoms with van der Waals surface area (Å²) in [6.45, 7) is 0. The zero-order valence-electron chi connectivity index (χ0n) is 32.5. The summed E-state index contributed by atoms with van der Waals surface area (Å²) in [5, 5.41) is 12.2. The summed E-state index contributed by atoms with van der Waals surface area (Å²) in [4.78, 5) is 16.1. The fourth-order valence-corrected chi connectivity index (χ4v) is 10.1. The van der Waals surface area contributed by atoms with Crippen molar-refractivity contribution in [1.29, 1.82) is 0 Å². The van der Waals surface area contributed by atoms with Gasteiger partial charge in [-0.1, -0.05) is 176 Å². The first-order chi connectivity index (χ1) is 29.8. The lowest BCUT2D eigenvalue weighted by molar-refractivity contribution is 0.954. The average Bonchev–Trinajstić information content (AvgIpc) is 3.87. The second-order valence-corrected chi connectivity index (χ2v) is 15.8. The molecular weight excluding hydrogens is 731 g/mol. The highest BCUT2D eigenvalue weighted by Crippen LogP contribution is 2.49. The Morgan fingerprint density at radius 2 is 0.850 bits per heavy atom. The number of hydrogen-bond acceptors (Lipinski definition) is 3. The molecule has 0 saturated heterocycles. The van der Waals surface area contributed by atoms with Crippen LogP contribution in [0.3, 0.4) is 0 Å². The van der Waals surface area contributed by atoms with Gasteiger partial charge in [0, 0.05) is 49.1 Å². The van der Waals surface area contributed by atoms with E-state index >= 15 is 0 Å². The lowest BCUT2D eigenvalue weighted by Gasteiger charge is -2.17. The van der Waals surface area contributed by atoms with Crippen LogP contribution in [0.5, 0.6) is 0 Å². The Balaban J connectivity index is 1.33. The molecule has 0 bridgehead atoms. The van der Waals surface area contributed by atoms with E-state index in [0.717, 1.165) is 46.2 Å². The maximum absolute atomic E-state index is 5.47. The summed E-state index contributed by atoms with van der Waals surface area (Å²) < 4.78 is 4.90. The van der Waals surface area contributed by atoms with Crippen molar-refractivity contribution in [2.45, 2.75) is 12.8 Å². The SMILES string of the molecule is C1=Cc2c(c3c4ccc5c6c7ccccc7c7ccccc7c6n(-c6ccccc6)c5c4n(-c4nc(-c5ccccc5)nc(-c5ccccc5)n4)c3c3ccccc23)CC1. The summed E-state index contributed by atoms with van der Waals surface area (Å²) in [5.41, 5.74) is 10.2. The second kappa shape index (κ2) is 12.8. The van der Waals surface area contributed by atoms with Crippen molar-refractivity contribution in [1.82, 2.24) is 24.1 Å². The molecule has 0 N–H and O–H groups in total. The minimum atomic E-state index is 0.589. The van der Waals surface area contributed by atoms with Gasteiger partial charge < -0.3 is 4.57 Å². The molecule has 1 aliphatic carbocycles. The molecule has 0 fully saturated rings. The number of aromatic nitrogens is 5. The maximum Gasteiger partial charge on any atom is 0.238 e. The number of hydrogen-bond donors (Lipinski definition) is 0. The third kappa shape index (κ3) is 4.66. The van der Waals surface area contributed by atoms with Gasteiger partial charge in [0.1, 0.15) is 0 Å². The molecule has 0 radical (unpaired) electrons. The Morgan fingerprint density at radius 3 is 1.50 bits per heavy atom. The van der Waals surface area contributed by atoms with Crippen LogP contribution in [0.4, 0.5) is 0 Å². The van der Waals surface area contributed by atoms with Crippen molar-refractivity contribution < 1.29 is 0 Å². The molecule has 0 atom stereocenters. The van der Waals surface area contributed by atoms with E-state index in [1.165, 1.54) is 70.5 Å². The van der Waals surface area contributed by atoms with E-state index < -0.39 is 0 Å². The van der Waals surface area contributed by atoms with Gasteiger partial charge in [-0.25, -0.2) is 4.98 Å². The van der Waals surface area contributed by atoms with Gasteiger partial charge in [0.2, 0.25) is 5.95 Å². The third-order valence-electron chi connectivity index (χ3n) is 12.6. The van der Waals surface area contributed by atoms with Crippen molar-refractivity contribution in [2.24, 2.45) is 0 Å². The smallest absolute Gasteiger partial charge is 0.238 e. The molecule has 1 aliphatic rings. The Hall–Kier alpha value is -7.89. The first-order valence-electron chi connectivity index (χ1n) is 20.7. The van der Waals surface area contributed by atoms with Gasteiger partial charge in [0.15, 0.2) is 11.6 Å². The van der Waals surface area contributed by atoms with Crippen molar-refractivity contribution in [3.05, 3.63) is 193 Å². The molecule has 5 nitrogen and oxygen atoms in total. The lowest BCUT2D eigenvalue weighted by Crippen LogP contribution is -2.08. The predicted molar refractivity (Wildman–Crippen MR) is 249 cm³/mol. The van der Waals surface area contributed by atoms with Crippen LogP contribution in [-0.4, -0.2) is 24.1 Å². The topological polar surface area (TPSA) is 48.5 Å². The number of para-hydroxylation sites is 1. The number of benzene rings is 9. The fourth-order valence-electron chi connectivity index (χ4n) is 10.1. The van der Waals surface area contributed by atoms with E-state index in [2.05, 4.69) is 161 Å². The molecule has 3 aromatic heterocycles. The highest BCUT2D eigenvalue weighted by atomic mass is 15.2. The molecule has 3 heterocycles. The molecule has 0 spiro atoms. The summed E-state index contributed by atoms with van der Waals surface area (Å²) in [6, 6.07) is 62.9. The van der Waals surface area contributed by atoms with Crippen molar-refractivity contribution in [2.75, 3.05) is 0 Å². The molecule has 0 unspecified atom stereocenters. The minimum absolute atomic E-state index is 0.589. The molecule has 13 rings (SSSR count). The van der Waals surface area contributed by atoms with E-state index in [1.54, 1.807) is 0 Å². The van der Waals surface area contributed by atoms with Crippen LogP contribution in [0, 0.1) is 0 Å². The summed E-state index contributed by atoms with van der Waals surface area (Å²) in [7, 11) is 0. The van der Waals surface area contributed by atoms with Gasteiger partial charge in [-0.05, 0) is 57.6 Å². The third-order valence-corrected chi connectivity index (χ3v) is 12.6. The van der Waals surface area contributed by atoms with Crippen LogP contribution in [0.2, 0.25) is 0 Å². The van der Waals surface area contributed by atoms with E-state index in [0.29, 0.717) is 17.6 Å². The Kier molecular flexibility index (Phi) is 7.07. The van der Waals surface area contributed by atoms with Crippen molar-refractivity contribution >= 4 is 82.0 Å². The molecule has 280 valence electrons. The van der Waals surface area contributed by atoms with Crippen LogP contribution in [0.15, 0.2) is 182 Å². The van der Waals surface area contributed by atoms with Gasteiger partial charge >= 0.3 is 0 Å². The molecule has 60 heavy (non-hydrogen) atoms. The van der Waals surface area contributed by atoms with E-state index in [-0.39, 0.29) is 0 Å². The first kappa shape index (κ1) is 33.1. The normalized spacial score (nSPS) is 12.8. The number of fused-ring (bicyclic) bond motifs is 17. The van der Waals surface area contributed by atoms with Crippen LogP contribution >= 0.6 is 0 Å². The Labute approximate surface area is 345 Å². The molecule has 5 heteroatoms. The molecule has 0 amide bonds. The van der Waals surface area contributed by atoms with Crippen LogP contribution in [0.1, 0.15) is 17.5 Å². The van der Waals surface area contributed by atoms with E-state index in [9.17, 15) is 0 Å². The van der Waals surface area contributed by atoms with Gasteiger partial charge in [0.25, 0.3) is 0 Å². The van der Waals surface area contributed by atoms with Crippen LogP contribution < -0.4 is 0 Å². The van der Waals surface area contributed by atoms with Gasteiger partial charge in [-0.3, -0.25) is 4.57 Å². The largest absolute Gasteiger partial charge is 0.307 e. The standard InChI is InChI=1S/C55H35N5/c1-4-18-34(19-5-1)53-56-54(35-20-6-2-7-21-35)58-55(57-53)60-50-44-31-17-13-27-40(44)38-25-11-15-29-42(38)48(50)46-33-32-45-47-41-28-14-10-24-37(41)39-26-12-16-30-43(39)49(47)59(51(45)52(46)60)36-22-8-3-9-23-36/h1-14,16-28,30-33H,15,29H2. The molecule has 9 aromatic carbocycles. The molecule has 0 aliphatic heterocycles. The maximum atomic E-state index is 5.47. The molecular formula is C55H35N5. The van der Waals surface area contributed by atoms with Crippen molar-refractivity contribution in [3.8, 4) is 34.4 Å². The molecule has 0 saturated carbocycles. The van der Waals surface area contributed by atoms with E-state index in [4.69, 9.17) is 15.0 Å². The zero-order chi connectivity index (χ0) is 39.3. The van der Waals surface area contributed by atoms with E-state index in [1.807, 2.05) is 36.4 Å². The number of nitrogens with zero attached hydrogens (tertiary/aromatic N) is 5. The molecule has 12 aromatic rings. The summed E-state index contributed by atoms with van der Waals surface area (Å²) in [6.07, 6.45) is 6.60. The summed E-state index contributed by atoms with van der Waals surface area (Å²) in [5.74, 6) is 1.85. The highest BCUT2D eigenvalue weighted by Gasteiger charge is 2.29. The second-order valence-electron chi connectivity index (χ2n) is 15.8. The summed E-state index contributed by atoms with van der Waals surface area (Å²) >= 11 is 0.